The van der Waals surface area contributed by atoms with Gasteiger partial charge in [-0.25, -0.2) is 22.0 Å². The molecule has 0 aliphatic heterocycles. The fourth-order valence-corrected chi connectivity index (χ4v) is 1.89. The van der Waals surface area contributed by atoms with E-state index in [-0.39, 0.29) is 11.1 Å². The monoisotopic (exact) mass is 292 g/mol. The van der Waals surface area contributed by atoms with E-state index in [9.17, 15) is 22.0 Å². The maximum absolute atomic E-state index is 13.7. The maximum atomic E-state index is 13.7. The summed E-state index contributed by atoms with van der Waals surface area (Å²) in [4.78, 5) is 0. The molecular weight excluding hydrogens is 287 g/mol. The van der Waals surface area contributed by atoms with E-state index in [0.717, 1.165) is 18.2 Å². The summed E-state index contributed by atoms with van der Waals surface area (Å²) in [6.45, 7) is 0. The maximum Gasteiger partial charge on any atom is 0.265 e. The lowest BCUT2D eigenvalue weighted by Gasteiger charge is -2.09. The standard InChI is InChI=1S/C13H6ClF5/c14-9-4-7(11(16)5-8(9)13(18)19)6-2-1-3-10(15)12(6)17/h1-5,13H. The Hall–Kier alpha value is -1.62. The van der Waals surface area contributed by atoms with Crippen LogP contribution in [0.3, 0.4) is 0 Å². The first-order chi connectivity index (χ1) is 8.91. The molecule has 0 radical (unpaired) electrons. The fraction of sp³-hybridized carbons (Fsp3) is 0.0769. The molecular formula is C13H6ClF5. The first-order valence-corrected chi connectivity index (χ1v) is 5.51. The van der Waals surface area contributed by atoms with Gasteiger partial charge in [0.25, 0.3) is 6.43 Å². The third kappa shape index (κ3) is 2.56. The van der Waals surface area contributed by atoms with E-state index in [1.54, 1.807) is 0 Å². The van der Waals surface area contributed by atoms with Crippen molar-refractivity contribution in [1.82, 2.24) is 0 Å². The number of hydrogen-bond acceptors (Lipinski definition) is 0. The minimum Gasteiger partial charge on any atom is -0.206 e. The van der Waals surface area contributed by atoms with Gasteiger partial charge in [-0.2, -0.15) is 0 Å². The molecule has 0 spiro atoms. The Labute approximate surface area is 110 Å². The summed E-state index contributed by atoms with van der Waals surface area (Å²) in [6, 6.07) is 4.56. The van der Waals surface area contributed by atoms with Crippen LogP contribution in [0.15, 0.2) is 30.3 Å². The molecule has 0 aliphatic carbocycles. The zero-order valence-corrected chi connectivity index (χ0v) is 9.99. The van der Waals surface area contributed by atoms with E-state index in [2.05, 4.69) is 0 Å². The zero-order valence-electron chi connectivity index (χ0n) is 9.23. The van der Waals surface area contributed by atoms with Crippen molar-refractivity contribution >= 4 is 11.6 Å². The molecule has 2 rings (SSSR count). The van der Waals surface area contributed by atoms with Crippen LogP contribution in [0.5, 0.6) is 0 Å². The summed E-state index contributed by atoms with van der Waals surface area (Å²) in [5.74, 6) is -3.52. The van der Waals surface area contributed by atoms with Crippen LogP contribution in [-0.2, 0) is 0 Å². The molecule has 0 nitrogen and oxygen atoms in total. The largest absolute Gasteiger partial charge is 0.265 e. The van der Waals surface area contributed by atoms with Crippen LogP contribution < -0.4 is 0 Å². The molecule has 2 aromatic rings. The van der Waals surface area contributed by atoms with Crippen molar-refractivity contribution in [1.29, 1.82) is 0 Å². The Bertz CT molecular complexity index is 625. The molecule has 0 heterocycles. The van der Waals surface area contributed by atoms with Crippen molar-refractivity contribution in [3.63, 3.8) is 0 Å². The van der Waals surface area contributed by atoms with Gasteiger partial charge in [0.05, 0.1) is 5.02 Å². The van der Waals surface area contributed by atoms with Crippen molar-refractivity contribution in [2.45, 2.75) is 6.43 Å². The lowest BCUT2D eigenvalue weighted by atomic mass is 10.0. The van der Waals surface area contributed by atoms with Crippen LogP contribution in [0.2, 0.25) is 5.02 Å². The van der Waals surface area contributed by atoms with Crippen LogP contribution in [0.1, 0.15) is 12.0 Å². The Morgan fingerprint density at radius 3 is 2.21 bits per heavy atom. The van der Waals surface area contributed by atoms with Gasteiger partial charge in [0.15, 0.2) is 11.6 Å². The molecule has 0 aromatic heterocycles. The van der Waals surface area contributed by atoms with E-state index in [1.165, 1.54) is 6.07 Å². The Morgan fingerprint density at radius 1 is 0.895 bits per heavy atom. The molecule has 0 fully saturated rings. The highest BCUT2D eigenvalue weighted by Gasteiger charge is 2.19. The first-order valence-electron chi connectivity index (χ1n) is 5.13. The molecule has 0 saturated carbocycles. The summed E-state index contributed by atoms with van der Waals surface area (Å²) >= 11 is 5.58. The SMILES string of the molecule is Fc1cc(C(F)F)c(Cl)cc1-c1cccc(F)c1F. The highest BCUT2D eigenvalue weighted by Crippen LogP contribution is 2.34. The van der Waals surface area contributed by atoms with Crippen LogP contribution in [0, 0.1) is 17.5 Å². The number of hydrogen-bond donors (Lipinski definition) is 0. The van der Waals surface area contributed by atoms with Crippen LogP contribution in [0.25, 0.3) is 11.1 Å². The van der Waals surface area contributed by atoms with Gasteiger partial charge < -0.3 is 0 Å². The minimum atomic E-state index is -2.95. The zero-order chi connectivity index (χ0) is 14.2. The number of benzene rings is 2. The fourth-order valence-electron chi connectivity index (χ4n) is 1.65. The molecule has 0 saturated heterocycles. The molecule has 19 heavy (non-hydrogen) atoms. The van der Waals surface area contributed by atoms with Gasteiger partial charge in [-0.05, 0) is 18.2 Å². The molecule has 0 amide bonds. The van der Waals surface area contributed by atoms with Crippen LogP contribution in [0.4, 0.5) is 22.0 Å². The molecule has 0 aliphatic rings. The van der Waals surface area contributed by atoms with Gasteiger partial charge in [-0.15, -0.1) is 0 Å². The lowest BCUT2D eigenvalue weighted by Crippen LogP contribution is -1.95. The predicted molar refractivity (Wildman–Crippen MR) is 61.7 cm³/mol. The molecule has 0 atom stereocenters. The molecule has 100 valence electrons. The van der Waals surface area contributed by atoms with E-state index in [4.69, 9.17) is 11.6 Å². The number of alkyl halides is 2. The topological polar surface area (TPSA) is 0 Å². The summed E-state index contributed by atoms with van der Waals surface area (Å²) in [5.41, 5.74) is -1.44. The van der Waals surface area contributed by atoms with Gasteiger partial charge in [0.1, 0.15) is 5.82 Å². The lowest BCUT2D eigenvalue weighted by molar-refractivity contribution is 0.151. The van der Waals surface area contributed by atoms with Crippen LogP contribution >= 0.6 is 11.6 Å². The Morgan fingerprint density at radius 2 is 1.58 bits per heavy atom. The quantitative estimate of drug-likeness (QED) is 0.653. The molecule has 2 aromatic carbocycles. The van der Waals surface area contributed by atoms with Gasteiger partial charge >= 0.3 is 0 Å². The first kappa shape index (κ1) is 13.8. The molecule has 0 N–H and O–H groups in total. The van der Waals surface area contributed by atoms with E-state index >= 15 is 0 Å². The smallest absolute Gasteiger partial charge is 0.206 e. The van der Waals surface area contributed by atoms with Crippen molar-refractivity contribution in [3.05, 3.63) is 58.4 Å². The van der Waals surface area contributed by atoms with Crippen molar-refractivity contribution < 1.29 is 22.0 Å². The Kier molecular flexibility index (Phi) is 3.75. The summed E-state index contributed by atoms with van der Waals surface area (Å²) in [5, 5.41) is -0.407. The summed E-state index contributed by atoms with van der Waals surface area (Å²) < 4.78 is 65.3. The third-order valence-electron chi connectivity index (χ3n) is 2.56. The molecule has 0 unspecified atom stereocenters. The minimum absolute atomic E-state index is 0.369. The van der Waals surface area contributed by atoms with Gasteiger partial charge in [-0.3, -0.25) is 0 Å². The van der Waals surface area contributed by atoms with Crippen molar-refractivity contribution in [3.8, 4) is 11.1 Å². The average molecular weight is 293 g/mol. The van der Waals surface area contributed by atoms with Gasteiger partial charge in [0.2, 0.25) is 0 Å². The van der Waals surface area contributed by atoms with Crippen molar-refractivity contribution in [2.24, 2.45) is 0 Å². The summed E-state index contributed by atoms with van der Waals surface area (Å²) in [6.07, 6.45) is -2.95. The highest BCUT2D eigenvalue weighted by molar-refractivity contribution is 6.31. The van der Waals surface area contributed by atoms with E-state index < -0.39 is 34.5 Å². The molecule has 0 bridgehead atoms. The second-order valence-corrected chi connectivity index (χ2v) is 4.16. The molecule has 6 heteroatoms. The van der Waals surface area contributed by atoms with Gasteiger partial charge in [-0.1, -0.05) is 23.7 Å². The van der Waals surface area contributed by atoms with E-state index in [1.807, 2.05) is 0 Å². The van der Waals surface area contributed by atoms with E-state index in [0.29, 0.717) is 6.07 Å². The number of halogens is 6. The third-order valence-corrected chi connectivity index (χ3v) is 2.89. The van der Waals surface area contributed by atoms with Gasteiger partial charge in [0, 0.05) is 16.7 Å². The highest BCUT2D eigenvalue weighted by atomic mass is 35.5. The summed E-state index contributed by atoms with van der Waals surface area (Å²) in [7, 11) is 0. The average Bonchev–Trinajstić information content (AvgIpc) is 2.35. The second kappa shape index (κ2) is 5.17. The normalized spacial score (nSPS) is 11.1. The predicted octanol–water partition coefficient (Wildman–Crippen LogP) is 5.36. The second-order valence-electron chi connectivity index (χ2n) is 3.76. The van der Waals surface area contributed by atoms with Crippen LogP contribution in [-0.4, -0.2) is 0 Å². The van der Waals surface area contributed by atoms with Crippen molar-refractivity contribution in [2.75, 3.05) is 0 Å². The number of rotatable bonds is 2. The Balaban J connectivity index is 2.64.